The molecule has 68 valence electrons. The topological polar surface area (TPSA) is 24.9 Å². The van der Waals surface area contributed by atoms with Crippen molar-refractivity contribution in [2.45, 2.75) is 32.7 Å². The van der Waals surface area contributed by atoms with Gasteiger partial charge in [-0.3, -0.25) is 0 Å². The lowest BCUT2D eigenvalue weighted by molar-refractivity contribution is 0.538. The molecule has 0 saturated carbocycles. The third-order valence-electron chi connectivity index (χ3n) is 2.02. The molecule has 1 N–H and O–H groups in total. The molecule has 0 amide bonds. The highest BCUT2D eigenvalue weighted by Crippen LogP contribution is 2.10. The third-order valence-corrected chi connectivity index (χ3v) is 2.85. The minimum Gasteiger partial charge on any atom is -0.317 e. The molecule has 0 aliphatic heterocycles. The zero-order valence-electron chi connectivity index (χ0n) is 7.92. The maximum Gasteiger partial charge on any atom is 0.0897 e. The summed E-state index contributed by atoms with van der Waals surface area (Å²) in [5.41, 5.74) is 1.22. The van der Waals surface area contributed by atoms with Gasteiger partial charge in [-0.1, -0.05) is 6.92 Å². The van der Waals surface area contributed by atoms with Crippen molar-refractivity contribution in [3.8, 4) is 0 Å². The Bertz CT molecular complexity index is 228. The Labute approximate surface area is 78.0 Å². The van der Waals surface area contributed by atoms with Crippen molar-refractivity contribution in [1.82, 2.24) is 10.3 Å². The van der Waals surface area contributed by atoms with Crippen LogP contribution in [0.3, 0.4) is 0 Å². The molecule has 0 radical (unpaired) electrons. The van der Waals surface area contributed by atoms with E-state index in [0.29, 0.717) is 6.04 Å². The van der Waals surface area contributed by atoms with Crippen LogP contribution in [-0.4, -0.2) is 18.1 Å². The maximum atomic E-state index is 4.42. The Kier molecular flexibility index (Phi) is 3.69. The van der Waals surface area contributed by atoms with Gasteiger partial charge in [0.1, 0.15) is 0 Å². The van der Waals surface area contributed by atoms with E-state index in [9.17, 15) is 0 Å². The van der Waals surface area contributed by atoms with Crippen molar-refractivity contribution in [2.75, 3.05) is 7.05 Å². The van der Waals surface area contributed by atoms with Gasteiger partial charge < -0.3 is 5.32 Å². The minimum atomic E-state index is 0.575. The first kappa shape index (κ1) is 9.68. The van der Waals surface area contributed by atoms with Crippen molar-refractivity contribution in [3.05, 3.63) is 16.1 Å². The van der Waals surface area contributed by atoms with Crippen LogP contribution in [0.15, 0.2) is 5.38 Å². The van der Waals surface area contributed by atoms with Gasteiger partial charge in [0.05, 0.1) is 10.7 Å². The standard InChI is InChI=1S/C9H16N2S/c1-4-8(10-3)5-9-6-12-7(2)11-9/h6,8,10H,4-5H2,1-3H3. The number of aromatic nitrogens is 1. The number of hydrogen-bond acceptors (Lipinski definition) is 3. The summed E-state index contributed by atoms with van der Waals surface area (Å²) in [5, 5.41) is 6.59. The summed E-state index contributed by atoms with van der Waals surface area (Å²) in [7, 11) is 2.01. The summed E-state index contributed by atoms with van der Waals surface area (Å²) in [5.74, 6) is 0. The molecule has 0 aliphatic rings. The highest BCUT2D eigenvalue weighted by molar-refractivity contribution is 7.09. The molecule has 0 aliphatic carbocycles. The van der Waals surface area contributed by atoms with Crippen molar-refractivity contribution >= 4 is 11.3 Å². The molecule has 0 aromatic carbocycles. The van der Waals surface area contributed by atoms with E-state index in [1.807, 2.05) is 7.05 Å². The fourth-order valence-electron chi connectivity index (χ4n) is 1.20. The largest absolute Gasteiger partial charge is 0.317 e. The number of nitrogens with one attached hydrogen (secondary N) is 1. The van der Waals surface area contributed by atoms with Crippen LogP contribution in [-0.2, 0) is 6.42 Å². The average molecular weight is 184 g/mol. The monoisotopic (exact) mass is 184 g/mol. The number of aryl methyl sites for hydroxylation is 1. The van der Waals surface area contributed by atoms with Gasteiger partial charge in [-0.2, -0.15) is 0 Å². The molecular formula is C9H16N2S. The zero-order chi connectivity index (χ0) is 8.97. The van der Waals surface area contributed by atoms with Gasteiger partial charge in [0.2, 0.25) is 0 Å². The molecular weight excluding hydrogens is 168 g/mol. The Hall–Kier alpha value is -0.410. The number of nitrogens with zero attached hydrogens (tertiary/aromatic N) is 1. The summed E-state index contributed by atoms with van der Waals surface area (Å²) in [6.45, 7) is 4.24. The molecule has 2 nitrogen and oxygen atoms in total. The molecule has 3 heteroatoms. The number of likely N-dealkylation sites (N-methyl/N-ethyl adjacent to an activating group) is 1. The highest BCUT2D eigenvalue weighted by atomic mass is 32.1. The Morgan fingerprint density at radius 1 is 1.67 bits per heavy atom. The van der Waals surface area contributed by atoms with Crippen molar-refractivity contribution in [1.29, 1.82) is 0 Å². The van der Waals surface area contributed by atoms with Crippen LogP contribution >= 0.6 is 11.3 Å². The van der Waals surface area contributed by atoms with Gasteiger partial charge in [0.15, 0.2) is 0 Å². The first-order valence-electron chi connectivity index (χ1n) is 4.34. The van der Waals surface area contributed by atoms with Crippen LogP contribution in [0.5, 0.6) is 0 Å². The lowest BCUT2D eigenvalue weighted by Crippen LogP contribution is -2.26. The van der Waals surface area contributed by atoms with E-state index in [4.69, 9.17) is 0 Å². The number of rotatable bonds is 4. The fourth-order valence-corrected chi connectivity index (χ4v) is 1.83. The van der Waals surface area contributed by atoms with Gasteiger partial charge in [0, 0.05) is 17.8 Å². The van der Waals surface area contributed by atoms with E-state index in [-0.39, 0.29) is 0 Å². The third kappa shape index (κ3) is 2.57. The Balaban J connectivity index is 2.50. The summed E-state index contributed by atoms with van der Waals surface area (Å²) < 4.78 is 0. The van der Waals surface area contributed by atoms with Crippen LogP contribution in [0.1, 0.15) is 24.0 Å². The highest BCUT2D eigenvalue weighted by Gasteiger charge is 2.06. The fraction of sp³-hybridized carbons (Fsp3) is 0.667. The van der Waals surface area contributed by atoms with E-state index in [0.717, 1.165) is 17.8 Å². The molecule has 0 bridgehead atoms. The second-order valence-corrected chi connectivity index (χ2v) is 4.02. The molecule has 1 heterocycles. The second-order valence-electron chi connectivity index (χ2n) is 2.96. The molecule has 1 rings (SSSR count). The van der Waals surface area contributed by atoms with Crippen LogP contribution in [0.4, 0.5) is 0 Å². The average Bonchev–Trinajstić information content (AvgIpc) is 2.47. The molecule has 1 unspecified atom stereocenters. The summed E-state index contributed by atoms with van der Waals surface area (Å²) in [6.07, 6.45) is 2.21. The predicted octanol–water partition coefficient (Wildman–Crippen LogP) is 1.99. The number of thiazole rings is 1. The van der Waals surface area contributed by atoms with Gasteiger partial charge >= 0.3 is 0 Å². The Morgan fingerprint density at radius 2 is 2.42 bits per heavy atom. The van der Waals surface area contributed by atoms with Gasteiger partial charge in [-0.15, -0.1) is 11.3 Å². The summed E-state index contributed by atoms with van der Waals surface area (Å²) in [4.78, 5) is 4.42. The predicted molar refractivity (Wildman–Crippen MR) is 53.7 cm³/mol. The van der Waals surface area contributed by atoms with E-state index in [1.54, 1.807) is 11.3 Å². The van der Waals surface area contributed by atoms with E-state index < -0.39 is 0 Å². The first-order valence-corrected chi connectivity index (χ1v) is 5.22. The van der Waals surface area contributed by atoms with E-state index in [2.05, 4.69) is 29.5 Å². The minimum absolute atomic E-state index is 0.575. The lowest BCUT2D eigenvalue weighted by atomic mass is 10.1. The van der Waals surface area contributed by atoms with Crippen LogP contribution in [0.2, 0.25) is 0 Å². The molecule has 1 aromatic rings. The Morgan fingerprint density at radius 3 is 2.83 bits per heavy atom. The number of hydrogen-bond donors (Lipinski definition) is 1. The van der Waals surface area contributed by atoms with Crippen molar-refractivity contribution in [3.63, 3.8) is 0 Å². The van der Waals surface area contributed by atoms with Gasteiger partial charge in [-0.25, -0.2) is 4.98 Å². The molecule has 1 aromatic heterocycles. The zero-order valence-corrected chi connectivity index (χ0v) is 8.74. The van der Waals surface area contributed by atoms with Crippen molar-refractivity contribution in [2.24, 2.45) is 0 Å². The molecule has 1 atom stereocenters. The first-order chi connectivity index (χ1) is 5.76. The van der Waals surface area contributed by atoms with Crippen LogP contribution < -0.4 is 5.32 Å². The van der Waals surface area contributed by atoms with E-state index in [1.165, 1.54) is 5.69 Å². The maximum absolute atomic E-state index is 4.42. The second kappa shape index (κ2) is 4.58. The molecule has 12 heavy (non-hydrogen) atoms. The molecule has 0 spiro atoms. The van der Waals surface area contributed by atoms with Gasteiger partial charge in [0.25, 0.3) is 0 Å². The molecule has 0 saturated heterocycles. The van der Waals surface area contributed by atoms with Crippen molar-refractivity contribution < 1.29 is 0 Å². The smallest absolute Gasteiger partial charge is 0.0897 e. The summed E-state index contributed by atoms with van der Waals surface area (Å²) >= 11 is 1.73. The van der Waals surface area contributed by atoms with E-state index >= 15 is 0 Å². The SMILES string of the molecule is CCC(Cc1csc(C)n1)NC. The van der Waals surface area contributed by atoms with Crippen LogP contribution in [0.25, 0.3) is 0 Å². The quantitative estimate of drug-likeness (QED) is 0.774. The van der Waals surface area contributed by atoms with Gasteiger partial charge in [-0.05, 0) is 20.4 Å². The normalized spacial score (nSPS) is 13.2. The van der Waals surface area contributed by atoms with Crippen LogP contribution in [0, 0.1) is 6.92 Å². The molecule has 0 fully saturated rings. The summed E-state index contributed by atoms with van der Waals surface area (Å²) in [6, 6.07) is 0.575. The lowest BCUT2D eigenvalue weighted by Gasteiger charge is -2.10.